The van der Waals surface area contributed by atoms with Crippen LogP contribution in [0.25, 0.3) is 0 Å². The molecule has 0 atom stereocenters. The van der Waals surface area contributed by atoms with Gasteiger partial charge in [-0.25, -0.2) is 8.42 Å². The summed E-state index contributed by atoms with van der Waals surface area (Å²) in [6, 6.07) is 16.4. The van der Waals surface area contributed by atoms with Gasteiger partial charge in [0.2, 0.25) is 0 Å². The van der Waals surface area contributed by atoms with E-state index < -0.39 is 10.0 Å². The zero-order chi connectivity index (χ0) is 20.3. The molecule has 0 amide bonds. The molecule has 3 aromatic rings. The van der Waals surface area contributed by atoms with E-state index in [-0.39, 0.29) is 9.92 Å². The van der Waals surface area contributed by atoms with E-state index in [0.29, 0.717) is 33.0 Å². The average molecular weight is 476 g/mol. The van der Waals surface area contributed by atoms with Gasteiger partial charge in [-0.15, -0.1) is 0 Å². The van der Waals surface area contributed by atoms with Gasteiger partial charge in [0, 0.05) is 17.3 Å². The van der Waals surface area contributed by atoms with Gasteiger partial charge in [0.25, 0.3) is 10.0 Å². The summed E-state index contributed by atoms with van der Waals surface area (Å²) in [4.78, 5) is 0.0824. The van der Waals surface area contributed by atoms with Crippen molar-refractivity contribution < 1.29 is 8.42 Å². The minimum absolute atomic E-state index is 0.0824. The number of benzene rings is 3. The SMILES string of the molecule is O=S(=O)(Nc1ccccc1CNc1cc(Cl)c(Cl)c(Cl)c1)c1cccc(Cl)c1. The maximum atomic E-state index is 12.7. The van der Waals surface area contributed by atoms with Gasteiger partial charge in [0.1, 0.15) is 0 Å². The second-order valence-electron chi connectivity index (χ2n) is 5.83. The quantitative estimate of drug-likeness (QED) is 0.389. The van der Waals surface area contributed by atoms with Crippen LogP contribution in [-0.4, -0.2) is 8.42 Å². The molecule has 146 valence electrons. The molecule has 28 heavy (non-hydrogen) atoms. The van der Waals surface area contributed by atoms with Crippen LogP contribution in [0, 0.1) is 0 Å². The van der Waals surface area contributed by atoms with Crippen LogP contribution in [0.4, 0.5) is 11.4 Å². The second-order valence-corrected chi connectivity index (χ2v) is 9.14. The molecule has 0 heterocycles. The van der Waals surface area contributed by atoms with Gasteiger partial charge < -0.3 is 5.32 Å². The Morgan fingerprint density at radius 3 is 2.18 bits per heavy atom. The number of hydrogen-bond donors (Lipinski definition) is 2. The summed E-state index contributed by atoms with van der Waals surface area (Å²) in [5.41, 5.74) is 1.84. The van der Waals surface area contributed by atoms with Crippen LogP contribution in [0.3, 0.4) is 0 Å². The first-order valence-electron chi connectivity index (χ1n) is 8.01. The molecule has 0 spiro atoms. The summed E-state index contributed by atoms with van der Waals surface area (Å²) in [5, 5.41) is 4.44. The fraction of sp³-hybridized carbons (Fsp3) is 0.0526. The lowest BCUT2D eigenvalue weighted by molar-refractivity contribution is 0.601. The number of halogens is 4. The highest BCUT2D eigenvalue weighted by atomic mass is 35.5. The molecule has 0 aliphatic carbocycles. The molecule has 9 heteroatoms. The Balaban J connectivity index is 1.82. The largest absolute Gasteiger partial charge is 0.381 e. The fourth-order valence-corrected chi connectivity index (χ4v) is 4.46. The van der Waals surface area contributed by atoms with Crippen molar-refractivity contribution >= 4 is 67.8 Å². The van der Waals surface area contributed by atoms with Crippen molar-refractivity contribution in [3.8, 4) is 0 Å². The zero-order valence-corrected chi connectivity index (χ0v) is 18.1. The summed E-state index contributed by atoms with van der Waals surface area (Å²) < 4.78 is 27.9. The molecule has 0 saturated heterocycles. The molecular weight excluding hydrogens is 462 g/mol. The zero-order valence-electron chi connectivity index (χ0n) is 14.2. The molecule has 0 fully saturated rings. The van der Waals surface area contributed by atoms with E-state index in [1.54, 1.807) is 36.4 Å². The first-order valence-corrected chi connectivity index (χ1v) is 11.0. The van der Waals surface area contributed by atoms with Gasteiger partial charge in [-0.2, -0.15) is 0 Å². The Kier molecular flexibility index (Phi) is 6.63. The van der Waals surface area contributed by atoms with Crippen LogP contribution in [0.1, 0.15) is 5.56 Å². The normalized spacial score (nSPS) is 11.3. The standard InChI is InChI=1S/C19H14Cl4N2O2S/c20-13-5-3-6-15(8-13)28(26,27)25-18-7-2-1-4-12(18)11-24-14-9-16(21)19(23)17(22)10-14/h1-10,24-25H,11H2. The van der Waals surface area contributed by atoms with Crippen molar-refractivity contribution in [2.75, 3.05) is 10.0 Å². The summed E-state index contributed by atoms with van der Waals surface area (Å²) in [7, 11) is -3.78. The second kappa shape index (κ2) is 8.80. The third-order valence-electron chi connectivity index (χ3n) is 3.83. The van der Waals surface area contributed by atoms with E-state index in [4.69, 9.17) is 46.4 Å². The van der Waals surface area contributed by atoms with E-state index in [1.165, 1.54) is 12.1 Å². The first-order chi connectivity index (χ1) is 13.3. The van der Waals surface area contributed by atoms with Crippen LogP contribution < -0.4 is 10.0 Å². The molecule has 0 aromatic heterocycles. The summed E-state index contributed by atoms with van der Waals surface area (Å²) in [6.45, 7) is 0.336. The predicted octanol–water partition coefficient (Wildman–Crippen LogP) is 6.71. The van der Waals surface area contributed by atoms with Gasteiger partial charge in [-0.1, -0.05) is 70.7 Å². The smallest absolute Gasteiger partial charge is 0.261 e. The van der Waals surface area contributed by atoms with Crippen molar-refractivity contribution in [2.24, 2.45) is 0 Å². The number of nitrogens with one attached hydrogen (secondary N) is 2. The minimum Gasteiger partial charge on any atom is -0.381 e. The van der Waals surface area contributed by atoms with Gasteiger partial charge in [0.15, 0.2) is 0 Å². The van der Waals surface area contributed by atoms with Crippen molar-refractivity contribution in [1.82, 2.24) is 0 Å². The third-order valence-corrected chi connectivity index (χ3v) is 6.63. The lowest BCUT2D eigenvalue weighted by Crippen LogP contribution is -2.15. The summed E-state index contributed by atoms with van der Waals surface area (Å²) in [6.07, 6.45) is 0. The molecule has 0 bridgehead atoms. The maximum Gasteiger partial charge on any atom is 0.261 e. The van der Waals surface area contributed by atoms with Crippen LogP contribution in [-0.2, 0) is 16.6 Å². The van der Waals surface area contributed by atoms with Gasteiger partial charge in [-0.05, 0) is 42.0 Å². The molecular formula is C19H14Cl4N2O2S. The number of rotatable bonds is 6. The van der Waals surface area contributed by atoms with Gasteiger partial charge in [0.05, 0.1) is 25.7 Å². The van der Waals surface area contributed by atoms with Gasteiger partial charge in [-0.3, -0.25) is 4.72 Å². The monoisotopic (exact) mass is 474 g/mol. The number of para-hydroxylation sites is 1. The van der Waals surface area contributed by atoms with E-state index in [9.17, 15) is 8.42 Å². The molecule has 3 rings (SSSR count). The van der Waals surface area contributed by atoms with Crippen LogP contribution in [0.5, 0.6) is 0 Å². The molecule has 0 unspecified atom stereocenters. The molecule has 0 radical (unpaired) electrons. The Bertz CT molecular complexity index is 1100. The fourth-order valence-electron chi connectivity index (χ4n) is 2.47. The molecule has 2 N–H and O–H groups in total. The van der Waals surface area contributed by atoms with Crippen LogP contribution in [0.2, 0.25) is 20.1 Å². The van der Waals surface area contributed by atoms with Crippen LogP contribution >= 0.6 is 46.4 Å². The van der Waals surface area contributed by atoms with Crippen molar-refractivity contribution in [3.63, 3.8) is 0 Å². The molecule has 0 saturated carbocycles. The van der Waals surface area contributed by atoms with E-state index in [0.717, 1.165) is 5.56 Å². The van der Waals surface area contributed by atoms with Crippen molar-refractivity contribution in [3.05, 3.63) is 86.3 Å². The Morgan fingerprint density at radius 1 is 0.821 bits per heavy atom. The highest BCUT2D eigenvalue weighted by Crippen LogP contribution is 2.33. The summed E-state index contributed by atoms with van der Waals surface area (Å²) in [5.74, 6) is 0. The van der Waals surface area contributed by atoms with E-state index >= 15 is 0 Å². The Morgan fingerprint density at radius 2 is 1.50 bits per heavy atom. The van der Waals surface area contributed by atoms with Crippen LogP contribution in [0.15, 0.2) is 65.6 Å². The average Bonchev–Trinajstić information content (AvgIpc) is 2.65. The highest BCUT2D eigenvalue weighted by molar-refractivity contribution is 7.92. The van der Waals surface area contributed by atoms with E-state index in [1.807, 2.05) is 12.1 Å². The lowest BCUT2D eigenvalue weighted by atomic mass is 10.2. The molecule has 0 aliphatic rings. The third kappa shape index (κ3) is 5.04. The number of anilines is 2. The first kappa shape index (κ1) is 21.1. The molecule has 3 aromatic carbocycles. The predicted molar refractivity (Wildman–Crippen MR) is 118 cm³/mol. The lowest BCUT2D eigenvalue weighted by Gasteiger charge is -2.14. The molecule has 4 nitrogen and oxygen atoms in total. The van der Waals surface area contributed by atoms with Gasteiger partial charge >= 0.3 is 0 Å². The Hall–Kier alpha value is -1.63. The van der Waals surface area contributed by atoms with Crippen molar-refractivity contribution in [2.45, 2.75) is 11.4 Å². The number of hydrogen-bond acceptors (Lipinski definition) is 3. The highest BCUT2D eigenvalue weighted by Gasteiger charge is 2.16. The summed E-state index contributed by atoms with van der Waals surface area (Å²) >= 11 is 23.9. The number of sulfonamides is 1. The maximum absolute atomic E-state index is 12.7. The minimum atomic E-state index is -3.78. The topological polar surface area (TPSA) is 58.2 Å². The van der Waals surface area contributed by atoms with E-state index in [2.05, 4.69) is 10.0 Å². The molecule has 0 aliphatic heterocycles. The Labute approximate surface area is 183 Å². The van der Waals surface area contributed by atoms with Crippen molar-refractivity contribution in [1.29, 1.82) is 0 Å².